The number of hydrogen-bond acceptors (Lipinski definition) is 4. The van der Waals surface area contributed by atoms with Crippen LogP contribution in [0.15, 0.2) is 42.5 Å². The first-order valence-corrected chi connectivity index (χ1v) is 12.1. The van der Waals surface area contributed by atoms with E-state index in [0.717, 1.165) is 24.7 Å². The van der Waals surface area contributed by atoms with Crippen LogP contribution in [0.2, 0.25) is 0 Å². The molecule has 0 aliphatic rings. The first-order valence-electron chi connectivity index (χ1n) is 10.3. The van der Waals surface area contributed by atoms with Gasteiger partial charge >= 0.3 is 0 Å². The van der Waals surface area contributed by atoms with E-state index < -0.39 is 16.1 Å². The zero-order valence-corrected chi connectivity index (χ0v) is 19.3. The van der Waals surface area contributed by atoms with Crippen molar-refractivity contribution in [1.29, 1.82) is 0 Å². The third kappa shape index (κ3) is 5.75. The van der Waals surface area contributed by atoms with Crippen LogP contribution in [0.25, 0.3) is 0 Å². The Balaban J connectivity index is 2.30. The van der Waals surface area contributed by atoms with Gasteiger partial charge in [-0.3, -0.25) is 9.10 Å². The molecular weight excluding hydrogens is 400 g/mol. The van der Waals surface area contributed by atoms with Gasteiger partial charge in [0.1, 0.15) is 11.8 Å². The lowest BCUT2D eigenvalue weighted by molar-refractivity contribution is -0.122. The van der Waals surface area contributed by atoms with E-state index in [-0.39, 0.29) is 5.91 Å². The number of amides is 1. The van der Waals surface area contributed by atoms with Gasteiger partial charge < -0.3 is 10.1 Å². The second-order valence-corrected chi connectivity index (χ2v) is 9.07. The molecule has 164 valence electrons. The number of hydrogen-bond donors (Lipinski definition) is 1. The quantitative estimate of drug-likeness (QED) is 0.621. The largest absolute Gasteiger partial charge is 0.497 e. The summed E-state index contributed by atoms with van der Waals surface area (Å²) in [6, 6.07) is 12.2. The molecule has 0 fully saturated rings. The normalized spacial score (nSPS) is 12.3. The summed E-state index contributed by atoms with van der Waals surface area (Å²) in [6.45, 7) is 6.34. The van der Waals surface area contributed by atoms with Crippen LogP contribution in [-0.2, 0) is 34.2 Å². The Morgan fingerprint density at radius 2 is 1.80 bits per heavy atom. The van der Waals surface area contributed by atoms with Crippen LogP contribution < -0.4 is 14.4 Å². The smallest absolute Gasteiger partial charge is 0.244 e. The van der Waals surface area contributed by atoms with E-state index in [4.69, 9.17) is 4.74 Å². The van der Waals surface area contributed by atoms with Crippen LogP contribution in [0, 0.1) is 0 Å². The number of benzene rings is 2. The van der Waals surface area contributed by atoms with E-state index in [1.807, 2.05) is 0 Å². The lowest BCUT2D eigenvalue weighted by atomic mass is 10.0. The van der Waals surface area contributed by atoms with Gasteiger partial charge in [-0.1, -0.05) is 45.0 Å². The Bertz CT molecular complexity index is 973. The van der Waals surface area contributed by atoms with Gasteiger partial charge in [0.05, 0.1) is 19.1 Å². The third-order valence-electron chi connectivity index (χ3n) is 5.15. The number of anilines is 1. The summed E-state index contributed by atoms with van der Waals surface area (Å²) in [7, 11) is -2.17. The highest BCUT2D eigenvalue weighted by molar-refractivity contribution is 7.92. The second kappa shape index (κ2) is 10.5. The molecular formula is C23H32N2O4S. The van der Waals surface area contributed by atoms with Crippen molar-refractivity contribution in [3.8, 4) is 5.75 Å². The van der Waals surface area contributed by atoms with Gasteiger partial charge in [0.15, 0.2) is 0 Å². The fraction of sp³-hybridized carbons (Fsp3) is 0.435. The van der Waals surface area contributed by atoms with Crippen molar-refractivity contribution in [2.45, 2.75) is 52.6 Å². The minimum absolute atomic E-state index is 0.324. The zero-order chi connectivity index (χ0) is 22.3. The van der Waals surface area contributed by atoms with E-state index in [1.54, 1.807) is 31.2 Å². The lowest BCUT2D eigenvalue weighted by Crippen LogP contribution is -2.49. The van der Waals surface area contributed by atoms with E-state index in [0.29, 0.717) is 24.4 Å². The van der Waals surface area contributed by atoms with Crippen molar-refractivity contribution in [3.05, 3.63) is 59.2 Å². The molecule has 0 bridgehead atoms. The van der Waals surface area contributed by atoms with Crippen molar-refractivity contribution in [1.82, 2.24) is 5.32 Å². The number of rotatable bonds is 10. The zero-order valence-electron chi connectivity index (χ0n) is 18.4. The molecule has 7 heteroatoms. The molecule has 30 heavy (non-hydrogen) atoms. The van der Waals surface area contributed by atoms with Crippen LogP contribution in [0.5, 0.6) is 5.75 Å². The van der Waals surface area contributed by atoms with Gasteiger partial charge in [0.25, 0.3) is 0 Å². The lowest BCUT2D eigenvalue weighted by Gasteiger charge is -2.30. The van der Waals surface area contributed by atoms with Gasteiger partial charge in [-0.15, -0.1) is 0 Å². The summed E-state index contributed by atoms with van der Waals surface area (Å²) in [4.78, 5) is 13.1. The number of sulfonamides is 1. The highest BCUT2D eigenvalue weighted by Crippen LogP contribution is 2.26. The van der Waals surface area contributed by atoms with Gasteiger partial charge in [0.2, 0.25) is 15.9 Å². The molecule has 0 heterocycles. The molecule has 0 aliphatic heterocycles. The van der Waals surface area contributed by atoms with E-state index in [9.17, 15) is 13.2 Å². The molecule has 0 saturated heterocycles. The topological polar surface area (TPSA) is 75.7 Å². The van der Waals surface area contributed by atoms with Gasteiger partial charge in [0, 0.05) is 12.6 Å². The summed E-state index contributed by atoms with van der Waals surface area (Å²) < 4.78 is 31.6. The minimum atomic E-state index is -3.69. The SMILES string of the molecule is CCc1ccc(CC)c(CNC(=O)[C@@H](CC)N(c2cccc(OC)c2)S(C)(=O)=O)c1. The molecule has 0 spiro atoms. The summed E-state index contributed by atoms with van der Waals surface area (Å²) in [5, 5.41) is 2.95. The fourth-order valence-electron chi connectivity index (χ4n) is 3.52. The summed E-state index contributed by atoms with van der Waals surface area (Å²) >= 11 is 0. The Morgan fingerprint density at radius 1 is 1.07 bits per heavy atom. The Hall–Kier alpha value is -2.54. The van der Waals surface area contributed by atoms with Crippen LogP contribution >= 0.6 is 0 Å². The maximum Gasteiger partial charge on any atom is 0.244 e. The number of nitrogens with one attached hydrogen (secondary N) is 1. The molecule has 6 nitrogen and oxygen atoms in total. The van der Waals surface area contributed by atoms with Crippen molar-refractivity contribution in [3.63, 3.8) is 0 Å². The molecule has 1 N–H and O–H groups in total. The number of ether oxygens (including phenoxy) is 1. The Labute approximate surface area is 180 Å². The fourth-order valence-corrected chi connectivity index (χ4v) is 4.72. The van der Waals surface area contributed by atoms with Gasteiger partial charge in [-0.05, 0) is 48.1 Å². The van der Waals surface area contributed by atoms with E-state index in [1.165, 1.54) is 22.5 Å². The molecule has 0 aromatic heterocycles. The van der Waals surface area contributed by atoms with Crippen molar-refractivity contribution in [2.24, 2.45) is 0 Å². The molecule has 2 aromatic carbocycles. The van der Waals surface area contributed by atoms with Crippen molar-refractivity contribution >= 4 is 21.6 Å². The number of nitrogens with zero attached hydrogens (tertiary/aromatic N) is 1. The maximum absolute atomic E-state index is 13.1. The van der Waals surface area contributed by atoms with Crippen LogP contribution in [0.3, 0.4) is 0 Å². The summed E-state index contributed by atoms with van der Waals surface area (Å²) in [6.07, 6.45) is 3.24. The molecule has 1 amide bonds. The Kier molecular flexibility index (Phi) is 8.29. The third-order valence-corrected chi connectivity index (χ3v) is 6.33. The molecule has 2 rings (SSSR count). The Morgan fingerprint density at radius 3 is 2.37 bits per heavy atom. The van der Waals surface area contributed by atoms with E-state index in [2.05, 4.69) is 37.4 Å². The molecule has 2 aromatic rings. The summed E-state index contributed by atoms with van der Waals surface area (Å²) in [5.41, 5.74) is 3.85. The average molecular weight is 433 g/mol. The predicted molar refractivity (Wildman–Crippen MR) is 121 cm³/mol. The monoisotopic (exact) mass is 432 g/mol. The van der Waals surface area contributed by atoms with Gasteiger partial charge in [-0.2, -0.15) is 0 Å². The first-order chi connectivity index (χ1) is 14.2. The molecule has 1 atom stereocenters. The number of carbonyl (C=O) groups is 1. The standard InChI is InChI=1S/C23H32N2O4S/c1-6-17-12-13-18(7-2)19(14-17)16-24-23(26)22(8-3)25(30(5,27)28)20-10-9-11-21(15-20)29-4/h9-15,22H,6-8,16H2,1-5H3,(H,24,26)/t22-/m1/s1. The van der Waals surface area contributed by atoms with Crippen molar-refractivity contribution in [2.75, 3.05) is 17.7 Å². The highest BCUT2D eigenvalue weighted by Gasteiger charge is 2.31. The van der Waals surface area contributed by atoms with E-state index >= 15 is 0 Å². The average Bonchev–Trinajstić information content (AvgIpc) is 2.74. The van der Waals surface area contributed by atoms with Gasteiger partial charge in [-0.25, -0.2) is 8.42 Å². The van der Waals surface area contributed by atoms with Crippen LogP contribution in [0.1, 0.15) is 43.9 Å². The molecule has 0 aliphatic carbocycles. The maximum atomic E-state index is 13.1. The minimum Gasteiger partial charge on any atom is -0.497 e. The number of aryl methyl sites for hydroxylation is 2. The second-order valence-electron chi connectivity index (χ2n) is 7.21. The first kappa shape index (κ1) is 23.7. The van der Waals surface area contributed by atoms with Crippen LogP contribution in [-0.4, -0.2) is 33.7 Å². The summed E-state index contributed by atoms with van der Waals surface area (Å²) in [5.74, 6) is 0.204. The highest BCUT2D eigenvalue weighted by atomic mass is 32.2. The van der Waals surface area contributed by atoms with Crippen molar-refractivity contribution < 1.29 is 17.9 Å². The van der Waals surface area contributed by atoms with Crippen LogP contribution in [0.4, 0.5) is 5.69 Å². The molecule has 0 radical (unpaired) electrons. The number of methoxy groups -OCH3 is 1. The molecule has 0 saturated carbocycles. The number of carbonyl (C=O) groups excluding carboxylic acids is 1. The molecule has 0 unspecified atom stereocenters. The predicted octanol–water partition coefficient (Wildman–Crippen LogP) is 3.68.